The number of pyridine rings is 1. The summed E-state index contributed by atoms with van der Waals surface area (Å²) in [7, 11) is 0. The second-order valence-corrected chi connectivity index (χ2v) is 6.03. The zero-order valence-corrected chi connectivity index (χ0v) is 14.5. The van der Waals surface area contributed by atoms with Gasteiger partial charge in [0.2, 0.25) is 5.88 Å². The van der Waals surface area contributed by atoms with E-state index in [4.69, 9.17) is 16.3 Å². The van der Waals surface area contributed by atoms with Gasteiger partial charge in [0.25, 0.3) is 0 Å². The highest BCUT2D eigenvalue weighted by molar-refractivity contribution is 6.30. The maximum atomic E-state index is 13.7. The molecule has 0 unspecified atom stereocenters. The molecule has 1 aliphatic rings. The summed E-state index contributed by atoms with van der Waals surface area (Å²) in [6.45, 7) is 1.49. The molecule has 0 bridgehead atoms. The number of ether oxygens (including phenoxy) is 1. The van der Waals surface area contributed by atoms with Crippen LogP contribution in [0.1, 0.15) is 23.6 Å². The number of halogens is 3. The van der Waals surface area contributed by atoms with E-state index in [9.17, 15) is 9.50 Å². The first-order valence-electron chi connectivity index (χ1n) is 7.56. The van der Waals surface area contributed by atoms with Crippen LogP contribution < -0.4 is 10.1 Å². The van der Waals surface area contributed by atoms with E-state index >= 15 is 0 Å². The fourth-order valence-electron chi connectivity index (χ4n) is 2.70. The molecule has 1 aromatic carbocycles. The van der Waals surface area contributed by atoms with E-state index in [-0.39, 0.29) is 24.9 Å². The second-order valence-electron chi connectivity index (χ2n) is 5.59. The molecule has 1 aliphatic heterocycles. The van der Waals surface area contributed by atoms with Gasteiger partial charge in [0.05, 0.1) is 11.8 Å². The predicted octanol–water partition coefficient (Wildman–Crippen LogP) is 3.31. The van der Waals surface area contributed by atoms with Crippen molar-refractivity contribution in [3.05, 3.63) is 58.5 Å². The number of aromatic nitrogens is 1. The second kappa shape index (κ2) is 8.62. The van der Waals surface area contributed by atoms with Gasteiger partial charge < -0.3 is 15.2 Å². The van der Waals surface area contributed by atoms with Crippen LogP contribution in [0.15, 0.2) is 36.4 Å². The van der Waals surface area contributed by atoms with E-state index in [0.717, 1.165) is 18.7 Å². The van der Waals surface area contributed by atoms with Gasteiger partial charge in [-0.25, -0.2) is 9.37 Å². The Kier molecular flexibility index (Phi) is 6.80. The summed E-state index contributed by atoms with van der Waals surface area (Å²) < 4.78 is 19.3. The average molecular weight is 373 g/mol. The van der Waals surface area contributed by atoms with Crippen molar-refractivity contribution in [1.82, 2.24) is 10.3 Å². The van der Waals surface area contributed by atoms with Gasteiger partial charge in [-0.15, -0.1) is 12.4 Å². The Morgan fingerprint density at radius 3 is 2.92 bits per heavy atom. The standard InChI is InChI=1S/C17H18ClFN2O2.ClH/c18-12-5-4-11(14(19)8-12)10-23-17-3-1-2-15(21-17)13-6-7-20-9-16(13)22;/h1-5,8,13,16,20,22H,6-7,9-10H2;1H/t13-,16-;/m0./s1. The number of hydrogen-bond acceptors (Lipinski definition) is 4. The third-order valence-electron chi connectivity index (χ3n) is 3.97. The topological polar surface area (TPSA) is 54.4 Å². The molecule has 3 rings (SSSR count). The van der Waals surface area contributed by atoms with Crippen LogP contribution in [0.25, 0.3) is 0 Å². The lowest BCUT2D eigenvalue weighted by atomic mass is 9.91. The van der Waals surface area contributed by atoms with Crippen LogP contribution in [0.2, 0.25) is 5.02 Å². The van der Waals surface area contributed by atoms with E-state index in [0.29, 0.717) is 23.0 Å². The van der Waals surface area contributed by atoms with Gasteiger partial charge in [-0.05, 0) is 31.2 Å². The Bertz CT molecular complexity index is 687. The van der Waals surface area contributed by atoms with Crippen molar-refractivity contribution in [1.29, 1.82) is 0 Å². The first-order valence-corrected chi connectivity index (χ1v) is 7.94. The minimum atomic E-state index is -0.458. The zero-order chi connectivity index (χ0) is 16.2. The smallest absolute Gasteiger partial charge is 0.213 e. The van der Waals surface area contributed by atoms with Crippen molar-refractivity contribution >= 4 is 24.0 Å². The van der Waals surface area contributed by atoms with Crippen molar-refractivity contribution in [3.8, 4) is 5.88 Å². The van der Waals surface area contributed by atoms with Crippen LogP contribution in [0.4, 0.5) is 4.39 Å². The third-order valence-corrected chi connectivity index (χ3v) is 4.20. The first-order chi connectivity index (χ1) is 11.1. The summed E-state index contributed by atoms with van der Waals surface area (Å²) in [4.78, 5) is 4.45. The Morgan fingerprint density at radius 2 is 2.17 bits per heavy atom. The number of rotatable bonds is 4. The Labute approximate surface area is 151 Å². The number of hydrogen-bond donors (Lipinski definition) is 2. The molecule has 130 valence electrons. The summed E-state index contributed by atoms with van der Waals surface area (Å²) in [6, 6.07) is 9.93. The largest absolute Gasteiger partial charge is 0.473 e. The van der Waals surface area contributed by atoms with Crippen molar-refractivity contribution in [2.45, 2.75) is 25.0 Å². The molecule has 1 aromatic heterocycles. The van der Waals surface area contributed by atoms with Gasteiger partial charge in [0, 0.05) is 29.1 Å². The zero-order valence-electron chi connectivity index (χ0n) is 12.9. The molecule has 1 fully saturated rings. The molecular formula is C17H19Cl2FN2O2. The number of aliphatic hydroxyl groups is 1. The van der Waals surface area contributed by atoms with Crippen molar-refractivity contribution in [2.24, 2.45) is 0 Å². The Hall–Kier alpha value is -1.40. The van der Waals surface area contributed by atoms with Gasteiger partial charge >= 0.3 is 0 Å². The van der Waals surface area contributed by atoms with Gasteiger partial charge in [-0.1, -0.05) is 23.7 Å². The fourth-order valence-corrected chi connectivity index (χ4v) is 2.85. The van der Waals surface area contributed by atoms with Gasteiger partial charge in [0.15, 0.2) is 0 Å². The van der Waals surface area contributed by atoms with E-state index < -0.39 is 11.9 Å². The first kappa shape index (κ1) is 18.9. The molecule has 2 aromatic rings. The summed E-state index contributed by atoms with van der Waals surface area (Å²) in [6.07, 6.45) is 0.365. The quantitative estimate of drug-likeness (QED) is 0.864. The van der Waals surface area contributed by atoms with Crippen LogP contribution in [-0.4, -0.2) is 29.3 Å². The Morgan fingerprint density at radius 1 is 1.33 bits per heavy atom. The summed E-state index contributed by atoms with van der Waals surface area (Å²) in [5.41, 5.74) is 1.22. The minimum Gasteiger partial charge on any atom is -0.473 e. The lowest BCUT2D eigenvalue weighted by molar-refractivity contribution is 0.116. The number of benzene rings is 1. The molecule has 0 amide bonds. The van der Waals surface area contributed by atoms with E-state index in [1.165, 1.54) is 6.07 Å². The molecule has 0 spiro atoms. The lowest BCUT2D eigenvalue weighted by Gasteiger charge is -2.28. The molecule has 2 atom stereocenters. The minimum absolute atomic E-state index is 0. The van der Waals surface area contributed by atoms with Crippen molar-refractivity contribution < 1.29 is 14.2 Å². The van der Waals surface area contributed by atoms with Crippen LogP contribution in [0, 0.1) is 5.82 Å². The summed E-state index contributed by atoms with van der Waals surface area (Å²) in [5, 5.41) is 13.6. The number of aliphatic hydroxyl groups excluding tert-OH is 1. The monoisotopic (exact) mass is 372 g/mol. The van der Waals surface area contributed by atoms with Crippen LogP contribution in [0.5, 0.6) is 5.88 Å². The number of nitrogens with one attached hydrogen (secondary N) is 1. The highest BCUT2D eigenvalue weighted by Gasteiger charge is 2.25. The van der Waals surface area contributed by atoms with Crippen LogP contribution >= 0.6 is 24.0 Å². The Balaban J connectivity index is 0.00000208. The van der Waals surface area contributed by atoms with Crippen molar-refractivity contribution in [3.63, 3.8) is 0 Å². The van der Waals surface area contributed by atoms with Gasteiger partial charge in [-0.3, -0.25) is 0 Å². The van der Waals surface area contributed by atoms with E-state index in [1.54, 1.807) is 18.2 Å². The van der Waals surface area contributed by atoms with E-state index in [2.05, 4.69) is 10.3 Å². The molecule has 2 heterocycles. The summed E-state index contributed by atoms with van der Waals surface area (Å²) >= 11 is 5.73. The molecule has 0 saturated carbocycles. The molecule has 4 nitrogen and oxygen atoms in total. The fraction of sp³-hybridized carbons (Fsp3) is 0.353. The maximum Gasteiger partial charge on any atom is 0.213 e. The highest BCUT2D eigenvalue weighted by atomic mass is 35.5. The average Bonchev–Trinajstić information content (AvgIpc) is 2.55. The third kappa shape index (κ3) is 4.57. The van der Waals surface area contributed by atoms with Crippen LogP contribution in [0.3, 0.4) is 0 Å². The molecular weight excluding hydrogens is 354 g/mol. The number of piperidine rings is 1. The molecule has 0 aliphatic carbocycles. The molecule has 24 heavy (non-hydrogen) atoms. The molecule has 2 N–H and O–H groups in total. The number of nitrogens with zero attached hydrogens (tertiary/aromatic N) is 1. The van der Waals surface area contributed by atoms with Crippen molar-refractivity contribution in [2.75, 3.05) is 13.1 Å². The van der Waals surface area contributed by atoms with Gasteiger partial charge in [0.1, 0.15) is 12.4 Å². The van der Waals surface area contributed by atoms with E-state index in [1.807, 2.05) is 12.1 Å². The van der Waals surface area contributed by atoms with Gasteiger partial charge in [-0.2, -0.15) is 0 Å². The summed E-state index contributed by atoms with van der Waals surface area (Å²) in [5.74, 6) is 0.0112. The highest BCUT2D eigenvalue weighted by Crippen LogP contribution is 2.26. The SMILES string of the molecule is Cl.O[C@H]1CNCC[C@H]1c1cccc(OCc2ccc(Cl)cc2F)n1. The normalized spacial score (nSPS) is 20.3. The lowest BCUT2D eigenvalue weighted by Crippen LogP contribution is -2.39. The number of β-amino-alcohol motifs (C(OH)–C–C–N with tert-alkyl or cyclic N) is 1. The predicted molar refractivity (Wildman–Crippen MR) is 93.5 cm³/mol. The molecule has 7 heteroatoms. The van der Waals surface area contributed by atoms with Crippen LogP contribution in [-0.2, 0) is 6.61 Å². The molecule has 1 saturated heterocycles. The maximum absolute atomic E-state index is 13.7. The molecule has 0 radical (unpaired) electrons.